The molecule has 68 valence electrons. The standard InChI is InChI=1S/C9H5BFNO2/c10-6-3-5(11)1-4-2-7(9(13)14)12-8(4)6/h1-3,12H,(H,13,14). The second-order valence-electron chi connectivity index (χ2n) is 2.95. The number of aromatic amines is 1. The van der Waals surface area contributed by atoms with Gasteiger partial charge >= 0.3 is 5.97 Å². The third-order valence-corrected chi connectivity index (χ3v) is 1.95. The maximum absolute atomic E-state index is 12.9. The number of halogens is 1. The first-order chi connectivity index (χ1) is 6.58. The molecule has 2 rings (SSSR count). The first-order valence-electron chi connectivity index (χ1n) is 3.89. The van der Waals surface area contributed by atoms with Crippen molar-refractivity contribution in [2.45, 2.75) is 0 Å². The first kappa shape index (κ1) is 8.81. The number of rotatable bonds is 1. The van der Waals surface area contributed by atoms with Crippen LogP contribution < -0.4 is 5.46 Å². The van der Waals surface area contributed by atoms with Crippen molar-refractivity contribution in [2.75, 3.05) is 0 Å². The fourth-order valence-corrected chi connectivity index (χ4v) is 1.35. The molecule has 0 spiro atoms. The largest absolute Gasteiger partial charge is 0.477 e. The number of benzene rings is 1. The molecule has 1 aromatic carbocycles. The minimum Gasteiger partial charge on any atom is -0.477 e. The molecule has 0 amide bonds. The van der Waals surface area contributed by atoms with Crippen molar-refractivity contribution >= 4 is 30.2 Å². The normalized spacial score (nSPS) is 10.6. The van der Waals surface area contributed by atoms with Gasteiger partial charge in [-0.05, 0) is 18.2 Å². The highest BCUT2D eigenvalue weighted by atomic mass is 19.1. The van der Waals surface area contributed by atoms with Crippen molar-refractivity contribution in [3.63, 3.8) is 0 Å². The maximum Gasteiger partial charge on any atom is 0.352 e. The van der Waals surface area contributed by atoms with Crippen molar-refractivity contribution in [3.8, 4) is 0 Å². The van der Waals surface area contributed by atoms with Crippen LogP contribution in [0.4, 0.5) is 4.39 Å². The van der Waals surface area contributed by atoms with Crippen LogP contribution in [-0.2, 0) is 0 Å². The Morgan fingerprint density at radius 1 is 1.43 bits per heavy atom. The maximum atomic E-state index is 12.9. The van der Waals surface area contributed by atoms with Gasteiger partial charge in [0.25, 0.3) is 0 Å². The molecule has 0 saturated carbocycles. The van der Waals surface area contributed by atoms with Gasteiger partial charge in [0.2, 0.25) is 0 Å². The van der Waals surface area contributed by atoms with E-state index < -0.39 is 11.8 Å². The molecule has 0 aliphatic rings. The lowest BCUT2D eigenvalue weighted by atomic mass is 9.94. The average molecular weight is 189 g/mol. The van der Waals surface area contributed by atoms with E-state index in [0.717, 1.165) is 6.07 Å². The molecule has 0 aliphatic heterocycles. The van der Waals surface area contributed by atoms with Crippen molar-refractivity contribution in [1.82, 2.24) is 4.98 Å². The summed E-state index contributed by atoms with van der Waals surface area (Å²) in [6, 6.07) is 3.72. The lowest BCUT2D eigenvalue weighted by Gasteiger charge is -1.95. The first-order valence-corrected chi connectivity index (χ1v) is 3.89. The Labute approximate surface area is 80.0 Å². The Bertz CT molecular complexity index is 521. The number of aromatic carboxylic acids is 1. The molecule has 0 saturated heterocycles. The fraction of sp³-hybridized carbons (Fsp3) is 0. The number of fused-ring (bicyclic) bond motifs is 1. The van der Waals surface area contributed by atoms with Gasteiger partial charge < -0.3 is 10.1 Å². The second kappa shape index (κ2) is 2.87. The van der Waals surface area contributed by atoms with Crippen LogP contribution in [0.3, 0.4) is 0 Å². The number of hydrogen-bond donors (Lipinski definition) is 2. The summed E-state index contributed by atoms with van der Waals surface area (Å²) < 4.78 is 12.9. The van der Waals surface area contributed by atoms with E-state index in [1.165, 1.54) is 12.1 Å². The van der Waals surface area contributed by atoms with Gasteiger partial charge in [0.15, 0.2) is 0 Å². The van der Waals surface area contributed by atoms with Crippen LogP contribution in [0.5, 0.6) is 0 Å². The van der Waals surface area contributed by atoms with Gasteiger partial charge in [-0.2, -0.15) is 0 Å². The van der Waals surface area contributed by atoms with Gasteiger partial charge in [-0.25, -0.2) is 9.18 Å². The summed E-state index contributed by atoms with van der Waals surface area (Å²) >= 11 is 0. The average Bonchev–Trinajstić information content (AvgIpc) is 2.47. The van der Waals surface area contributed by atoms with Gasteiger partial charge in [0.1, 0.15) is 19.4 Å². The molecule has 2 radical (unpaired) electrons. The summed E-state index contributed by atoms with van der Waals surface area (Å²) in [6.45, 7) is 0. The molecule has 1 heterocycles. The van der Waals surface area contributed by atoms with Gasteiger partial charge in [-0.15, -0.1) is 0 Å². The van der Waals surface area contributed by atoms with Crippen molar-refractivity contribution in [3.05, 3.63) is 29.7 Å². The van der Waals surface area contributed by atoms with E-state index in [-0.39, 0.29) is 11.2 Å². The van der Waals surface area contributed by atoms with E-state index in [1.54, 1.807) is 0 Å². The van der Waals surface area contributed by atoms with Gasteiger partial charge in [-0.1, -0.05) is 5.46 Å². The van der Waals surface area contributed by atoms with Crippen LogP contribution in [0.2, 0.25) is 0 Å². The molecule has 1 aromatic heterocycles. The molecule has 3 nitrogen and oxygen atoms in total. The highest BCUT2D eigenvalue weighted by Crippen LogP contribution is 2.14. The highest BCUT2D eigenvalue weighted by molar-refractivity contribution is 6.38. The van der Waals surface area contributed by atoms with Crippen LogP contribution in [0.25, 0.3) is 10.9 Å². The molecular formula is C9H5BFNO2. The van der Waals surface area contributed by atoms with Crippen LogP contribution in [0, 0.1) is 5.82 Å². The Balaban J connectivity index is 2.76. The number of aromatic nitrogens is 1. The molecule has 0 atom stereocenters. The molecule has 2 N–H and O–H groups in total. The fourth-order valence-electron chi connectivity index (χ4n) is 1.35. The van der Waals surface area contributed by atoms with Gasteiger partial charge in [0.05, 0.1) is 0 Å². The number of hydrogen-bond acceptors (Lipinski definition) is 1. The second-order valence-corrected chi connectivity index (χ2v) is 2.95. The van der Waals surface area contributed by atoms with Crippen molar-refractivity contribution in [2.24, 2.45) is 0 Å². The van der Waals surface area contributed by atoms with Gasteiger partial charge in [0, 0.05) is 10.9 Å². The molecule has 0 unspecified atom stereocenters. The molecule has 0 aliphatic carbocycles. The van der Waals surface area contributed by atoms with Crippen molar-refractivity contribution in [1.29, 1.82) is 0 Å². The molecule has 5 heteroatoms. The number of carbonyl (C=O) groups is 1. The van der Waals surface area contributed by atoms with Gasteiger partial charge in [-0.3, -0.25) is 0 Å². The van der Waals surface area contributed by atoms with E-state index in [4.69, 9.17) is 13.0 Å². The monoisotopic (exact) mass is 189 g/mol. The summed E-state index contributed by atoms with van der Waals surface area (Å²) in [5.74, 6) is -1.58. The smallest absolute Gasteiger partial charge is 0.352 e. The quantitative estimate of drug-likeness (QED) is 0.651. The Hall–Kier alpha value is -1.78. The van der Waals surface area contributed by atoms with E-state index >= 15 is 0 Å². The summed E-state index contributed by atoms with van der Waals surface area (Å²) in [5.41, 5.74) is 0.647. The van der Waals surface area contributed by atoms with E-state index in [9.17, 15) is 9.18 Å². The molecule has 14 heavy (non-hydrogen) atoms. The van der Waals surface area contributed by atoms with Crippen LogP contribution in [-0.4, -0.2) is 23.9 Å². The molecule has 0 bridgehead atoms. The summed E-state index contributed by atoms with van der Waals surface area (Å²) in [6.07, 6.45) is 0. The Morgan fingerprint density at radius 2 is 2.14 bits per heavy atom. The van der Waals surface area contributed by atoms with Crippen LogP contribution in [0.15, 0.2) is 18.2 Å². The highest BCUT2D eigenvalue weighted by Gasteiger charge is 2.09. The van der Waals surface area contributed by atoms with E-state index in [0.29, 0.717) is 10.9 Å². The van der Waals surface area contributed by atoms with Crippen molar-refractivity contribution < 1.29 is 14.3 Å². The minimum atomic E-state index is -1.10. The Kier molecular flexibility index (Phi) is 1.80. The molecular weight excluding hydrogens is 184 g/mol. The SMILES string of the molecule is [B]c1cc(F)cc2cc(C(=O)O)[nH]c12. The van der Waals surface area contributed by atoms with Crippen LogP contribution in [0.1, 0.15) is 10.5 Å². The molecule has 0 fully saturated rings. The zero-order valence-corrected chi connectivity index (χ0v) is 7.04. The summed E-state index contributed by atoms with van der Waals surface area (Å²) in [7, 11) is 5.51. The summed E-state index contributed by atoms with van der Waals surface area (Å²) in [4.78, 5) is 13.2. The minimum absolute atomic E-state index is 0.00250. The third-order valence-electron chi connectivity index (χ3n) is 1.95. The van der Waals surface area contributed by atoms with Crippen LogP contribution >= 0.6 is 0 Å². The summed E-state index contributed by atoms with van der Waals surface area (Å²) in [5, 5.41) is 9.14. The lowest BCUT2D eigenvalue weighted by molar-refractivity contribution is 0.0691. The number of carboxylic acids is 1. The lowest BCUT2D eigenvalue weighted by Crippen LogP contribution is -2.05. The topological polar surface area (TPSA) is 53.1 Å². The zero-order valence-electron chi connectivity index (χ0n) is 7.04. The Morgan fingerprint density at radius 3 is 2.79 bits per heavy atom. The third kappa shape index (κ3) is 1.27. The van der Waals surface area contributed by atoms with E-state index in [1.807, 2.05) is 0 Å². The number of nitrogens with one attached hydrogen (secondary N) is 1. The predicted molar refractivity (Wildman–Crippen MR) is 50.6 cm³/mol. The number of H-pyrrole nitrogens is 1. The van der Waals surface area contributed by atoms with E-state index in [2.05, 4.69) is 4.98 Å². The molecule has 2 aromatic rings. The predicted octanol–water partition coefficient (Wildman–Crippen LogP) is 0.799. The zero-order chi connectivity index (χ0) is 10.3. The number of carboxylic acid groups (broad SMARTS) is 1.